The van der Waals surface area contributed by atoms with Gasteiger partial charge in [0.25, 0.3) is 0 Å². The molecule has 3 aromatic carbocycles. The number of hydrogen-bond donors (Lipinski definition) is 1. The van der Waals surface area contributed by atoms with Crippen molar-refractivity contribution in [2.45, 2.75) is 33.6 Å². The van der Waals surface area contributed by atoms with Crippen molar-refractivity contribution >= 4 is 38.6 Å². The Bertz CT molecular complexity index is 1480. The summed E-state index contributed by atoms with van der Waals surface area (Å²) in [6.45, 7) is 5.61. The van der Waals surface area contributed by atoms with Crippen molar-refractivity contribution in [2.75, 3.05) is 0 Å². The number of aliphatic hydroxyl groups excluding tert-OH is 1. The maximum Gasteiger partial charge on any atom is 0.158 e. The zero-order valence-corrected chi connectivity index (χ0v) is 21.8. The Morgan fingerprint density at radius 1 is 0.971 bits per heavy atom. The summed E-state index contributed by atoms with van der Waals surface area (Å²) >= 11 is 0. The van der Waals surface area contributed by atoms with Gasteiger partial charge in [-0.25, -0.2) is 0 Å². The van der Waals surface area contributed by atoms with Crippen molar-refractivity contribution in [1.29, 1.82) is 0 Å². The molecule has 0 aliphatic heterocycles. The maximum atomic E-state index is 10.5. The fourth-order valence-corrected chi connectivity index (χ4v) is 3.73. The maximum absolute atomic E-state index is 10.5. The Morgan fingerprint density at radius 3 is 2.38 bits per heavy atom. The summed E-state index contributed by atoms with van der Waals surface area (Å²) in [4.78, 5) is 15.4. The minimum absolute atomic E-state index is 0. The van der Waals surface area contributed by atoms with Crippen LogP contribution in [0.1, 0.15) is 32.3 Å². The van der Waals surface area contributed by atoms with E-state index in [-0.39, 0.29) is 31.6 Å². The van der Waals surface area contributed by atoms with Crippen molar-refractivity contribution in [3.8, 4) is 11.3 Å². The number of furan rings is 1. The molecule has 0 bridgehead atoms. The number of pyridine rings is 1. The fraction of sp³-hybridized carbons (Fsp3) is 0.172. The van der Waals surface area contributed by atoms with E-state index in [1.165, 1.54) is 6.08 Å². The van der Waals surface area contributed by atoms with E-state index < -0.39 is 0 Å². The molecule has 0 aliphatic rings. The molecule has 0 saturated heterocycles. The molecule has 175 valence electrons. The van der Waals surface area contributed by atoms with Crippen molar-refractivity contribution in [3.05, 3.63) is 90.2 Å². The van der Waals surface area contributed by atoms with E-state index in [0.29, 0.717) is 12.8 Å². The summed E-state index contributed by atoms with van der Waals surface area (Å²) in [6.07, 6.45) is 2.27. The minimum Gasteiger partial charge on any atom is -0.512 e. The topological polar surface area (TPSA) is 63.3 Å². The van der Waals surface area contributed by atoms with Gasteiger partial charge < -0.3 is 9.52 Å². The van der Waals surface area contributed by atoms with Gasteiger partial charge in [0, 0.05) is 60.9 Å². The Morgan fingerprint density at radius 2 is 1.68 bits per heavy atom. The first-order valence-corrected chi connectivity index (χ1v) is 11.1. The predicted octanol–water partition coefficient (Wildman–Crippen LogP) is 7.72. The first-order valence-electron chi connectivity index (χ1n) is 11.1. The quantitative estimate of drug-likeness (QED) is 0.126. The molecule has 5 rings (SSSR count). The van der Waals surface area contributed by atoms with Gasteiger partial charge in [-0.3, -0.25) is 9.78 Å². The van der Waals surface area contributed by atoms with E-state index >= 15 is 0 Å². The van der Waals surface area contributed by atoms with Gasteiger partial charge in [-0.05, 0) is 12.1 Å². The average molecular weight is 629 g/mol. The molecule has 0 unspecified atom stereocenters. The Hall–Kier alpha value is -3.27. The normalized spacial score (nSPS) is 11.2. The molecular formula is C29H26IrNO3-. The SMILES string of the molecule is CCC(=O)/C=C(\O)CC.Cc1[c-]c(-c2nc3ccccc3c3c2oc2ccccc23)ccc1.[Ir]. The number of rotatable bonds is 4. The number of hydrogen-bond acceptors (Lipinski definition) is 4. The molecule has 2 aromatic heterocycles. The van der Waals surface area contributed by atoms with E-state index in [1.807, 2.05) is 55.5 Å². The third-order valence-electron chi connectivity index (χ3n) is 5.45. The van der Waals surface area contributed by atoms with Gasteiger partial charge in [0.05, 0.1) is 11.3 Å². The summed E-state index contributed by atoms with van der Waals surface area (Å²) < 4.78 is 6.20. The van der Waals surface area contributed by atoms with Crippen LogP contribution in [0.4, 0.5) is 0 Å². The second kappa shape index (κ2) is 11.2. The molecule has 34 heavy (non-hydrogen) atoms. The molecule has 0 saturated carbocycles. The molecule has 0 fully saturated rings. The van der Waals surface area contributed by atoms with Crippen molar-refractivity contribution < 1.29 is 34.4 Å². The molecule has 5 aromatic rings. The summed E-state index contributed by atoms with van der Waals surface area (Å²) in [6, 6.07) is 25.9. The zero-order valence-electron chi connectivity index (χ0n) is 19.4. The Balaban J connectivity index is 0.000000281. The number of ketones is 1. The number of carbonyl (C=O) groups is 1. The largest absolute Gasteiger partial charge is 0.512 e. The zero-order chi connectivity index (χ0) is 23.4. The molecule has 0 aliphatic carbocycles. The van der Waals surface area contributed by atoms with Gasteiger partial charge >= 0.3 is 0 Å². The average Bonchev–Trinajstić information content (AvgIpc) is 3.23. The standard InChI is InChI=1S/C22H14NO.C7H12O2.Ir/c1-14-7-6-8-15(13-14)21-22-20(16-9-2-4-11-18(16)23-21)17-10-3-5-12-19(17)24-22;1-3-6(8)5-7(9)4-2;/h2-12H,1H3;5,8H,3-4H2,1-2H3;/q-1;;/b;6-5-;. The van der Waals surface area contributed by atoms with Gasteiger partial charge in [0.1, 0.15) is 11.2 Å². The van der Waals surface area contributed by atoms with E-state index in [1.54, 1.807) is 13.8 Å². The first kappa shape index (κ1) is 25.4. The third kappa shape index (κ3) is 5.27. The van der Waals surface area contributed by atoms with E-state index in [0.717, 1.165) is 49.7 Å². The number of benzene rings is 3. The summed E-state index contributed by atoms with van der Waals surface area (Å²) in [5.74, 6) is 0.149. The molecule has 0 atom stereocenters. The minimum atomic E-state index is -0.0191. The monoisotopic (exact) mass is 629 g/mol. The van der Waals surface area contributed by atoms with Gasteiger partial charge in [-0.15, -0.1) is 35.4 Å². The van der Waals surface area contributed by atoms with Crippen LogP contribution in [0.2, 0.25) is 0 Å². The molecule has 0 amide bonds. The van der Waals surface area contributed by atoms with Crippen LogP contribution in [0.25, 0.3) is 44.1 Å². The van der Waals surface area contributed by atoms with E-state index in [4.69, 9.17) is 14.5 Å². The number of carbonyl (C=O) groups excluding carboxylic acids is 1. The van der Waals surface area contributed by atoms with Gasteiger partial charge in [0.2, 0.25) is 0 Å². The summed E-state index contributed by atoms with van der Waals surface area (Å²) in [5, 5.41) is 12.2. The molecular weight excluding hydrogens is 603 g/mol. The van der Waals surface area contributed by atoms with Crippen LogP contribution in [0.3, 0.4) is 0 Å². The van der Waals surface area contributed by atoms with E-state index in [2.05, 4.69) is 24.3 Å². The van der Waals surface area contributed by atoms with Crippen molar-refractivity contribution in [1.82, 2.24) is 4.98 Å². The second-order valence-electron chi connectivity index (χ2n) is 7.84. The molecule has 1 radical (unpaired) electrons. The number of aromatic nitrogens is 1. The van der Waals surface area contributed by atoms with Gasteiger partial charge in [-0.1, -0.05) is 57.2 Å². The second-order valence-corrected chi connectivity index (χ2v) is 7.84. The smallest absolute Gasteiger partial charge is 0.158 e. The fourth-order valence-electron chi connectivity index (χ4n) is 3.73. The van der Waals surface area contributed by atoms with Crippen LogP contribution in [0, 0.1) is 13.0 Å². The van der Waals surface area contributed by atoms with E-state index in [9.17, 15) is 4.79 Å². The molecule has 0 spiro atoms. The molecule has 2 heterocycles. The van der Waals surface area contributed by atoms with Crippen LogP contribution >= 0.6 is 0 Å². The van der Waals surface area contributed by atoms with Crippen LogP contribution < -0.4 is 0 Å². The number of aliphatic hydroxyl groups is 1. The molecule has 5 heteroatoms. The van der Waals surface area contributed by atoms with Crippen LogP contribution in [0.5, 0.6) is 0 Å². The van der Waals surface area contributed by atoms with Crippen molar-refractivity contribution in [2.24, 2.45) is 0 Å². The number of para-hydroxylation sites is 2. The number of allylic oxidation sites excluding steroid dienone is 2. The Kier molecular flexibility index (Phi) is 8.38. The molecule has 4 nitrogen and oxygen atoms in total. The molecule has 1 N–H and O–H groups in total. The van der Waals surface area contributed by atoms with Crippen molar-refractivity contribution in [3.63, 3.8) is 0 Å². The Labute approximate surface area is 212 Å². The predicted molar refractivity (Wildman–Crippen MR) is 134 cm³/mol. The number of fused-ring (bicyclic) bond motifs is 5. The number of aryl methyl sites for hydroxylation is 1. The summed E-state index contributed by atoms with van der Waals surface area (Å²) in [7, 11) is 0. The van der Waals surface area contributed by atoms with Gasteiger partial charge in [0.15, 0.2) is 5.78 Å². The first-order chi connectivity index (χ1) is 16.0. The third-order valence-corrected chi connectivity index (χ3v) is 5.45. The van der Waals surface area contributed by atoms with Crippen LogP contribution in [-0.2, 0) is 24.9 Å². The summed E-state index contributed by atoms with van der Waals surface area (Å²) in [5.41, 5.74) is 5.60. The van der Waals surface area contributed by atoms with Crippen LogP contribution in [0.15, 0.2) is 83.0 Å². The van der Waals surface area contributed by atoms with Gasteiger partial charge in [-0.2, -0.15) is 0 Å². The number of nitrogens with zero attached hydrogens (tertiary/aromatic N) is 1. The van der Waals surface area contributed by atoms with Crippen LogP contribution in [-0.4, -0.2) is 15.9 Å².